The second-order valence-electron chi connectivity index (χ2n) is 7.42. The van der Waals surface area contributed by atoms with Crippen molar-refractivity contribution < 1.29 is 9.53 Å². The second-order valence-corrected chi connectivity index (χ2v) is 8.71. The first-order valence-electron chi connectivity index (χ1n) is 9.88. The topological polar surface area (TPSA) is 64.4 Å². The lowest BCUT2D eigenvalue weighted by atomic mass is 10.1. The van der Waals surface area contributed by atoms with Crippen LogP contribution in [0.2, 0.25) is 0 Å². The maximum atomic E-state index is 12.8. The molecule has 0 aliphatic rings. The van der Waals surface area contributed by atoms with Crippen molar-refractivity contribution in [2.24, 2.45) is 0 Å². The van der Waals surface area contributed by atoms with E-state index in [2.05, 4.69) is 11.2 Å². The highest BCUT2D eigenvalue weighted by atomic mass is 32.1. The summed E-state index contributed by atoms with van der Waals surface area (Å²) in [6.45, 7) is 2.36. The summed E-state index contributed by atoms with van der Waals surface area (Å²) in [7, 11) is 3.38. The van der Waals surface area contributed by atoms with Gasteiger partial charge in [0.15, 0.2) is 0 Å². The van der Waals surface area contributed by atoms with Gasteiger partial charge in [0.2, 0.25) is 5.91 Å². The van der Waals surface area contributed by atoms with Crippen molar-refractivity contribution in [3.63, 3.8) is 0 Å². The van der Waals surface area contributed by atoms with Crippen LogP contribution >= 0.6 is 11.3 Å². The quantitative estimate of drug-likeness (QED) is 0.459. The van der Waals surface area contributed by atoms with Gasteiger partial charge in [0.1, 0.15) is 18.0 Å². The molecule has 2 aromatic heterocycles. The fourth-order valence-corrected chi connectivity index (χ4v) is 4.21. The van der Waals surface area contributed by atoms with E-state index in [1.165, 1.54) is 15.6 Å². The Labute approximate surface area is 184 Å². The van der Waals surface area contributed by atoms with E-state index < -0.39 is 0 Å². The lowest BCUT2D eigenvalue weighted by Crippen LogP contribution is -2.34. The number of thiophene rings is 1. The number of rotatable bonds is 6. The summed E-state index contributed by atoms with van der Waals surface area (Å²) in [6.07, 6.45) is 0. The number of aryl methyl sites for hydroxylation is 1. The molecule has 7 heteroatoms. The molecule has 0 spiro atoms. The SMILES string of the molecule is COc1ccc2cc(CN(C)C(=O)Cn3nc(-c4ccc(C)s4)ccc3=O)ccc2c1. The van der Waals surface area contributed by atoms with Crippen molar-refractivity contribution in [1.82, 2.24) is 14.7 Å². The number of hydrogen-bond acceptors (Lipinski definition) is 5. The van der Waals surface area contributed by atoms with Crippen LogP contribution in [-0.2, 0) is 17.9 Å². The third kappa shape index (κ3) is 4.67. The highest BCUT2D eigenvalue weighted by Gasteiger charge is 2.13. The van der Waals surface area contributed by atoms with Crippen LogP contribution in [0.1, 0.15) is 10.4 Å². The number of hydrogen-bond donors (Lipinski definition) is 0. The molecule has 0 atom stereocenters. The minimum absolute atomic E-state index is 0.0989. The van der Waals surface area contributed by atoms with Gasteiger partial charge in [-0.15, -0.1) is 11.3 Å². The van der Waals surface area contributed by atoms with Crippen molar-refractivity contribution in [1.29, 1.82) is 0 Å². The number of likely N-dealkylation sites (N-methyl/N-ethyl adjacent to an activating group) is 1. The average Bonchev–Trinajstić information content (AvgIpc) is 3.21. The van der Waals surface area contributed by atoms with Crippen molar-refractivity contribution in [2.75, 3.05) is 14.2 Å². The van der Waals surface area contributed by atoms with Gasteiger partial charge < -0.3 is 9.64 Å². The van der Waals surface area contributed by atoms with E-state index >= 15 is 0 Å². The lowest BCUT2D eigenvalue weighted by molar-refractivity contribution is -0.131. The standard InChI is InChI=1S/C24H23N3O3S/c1-16-4-10-22(31-16)21-9-11-23(28)27(25-21)15-24(29)26(2)14-17-5-6-19-13-20(30-3)8-7-18(19)12-17/h4-13H,14-15H2,1-3H3. The number of ether oxygens (including phenoxy) is 1. The molecule has 2 aromatic carbocycles. The molecule has 0 saturated carbocycles. The number of nitrogens with zero attached hydrogens (tertiary/aromatic N) is 3. The van der Waals surface area contributed by atoms with Crippen molar-refractivity contribution in [3.8, 4) is 16.3 Å². The minimum Gasteiger partial charge on any atom is -0.497 e. The summed E-state index contributed by atoms with van der Waals surface area (Å²) in [5.74, 6) is 0.634. The van der Waals surface area contributed by atoms with Crippen molar-refractivity contribution in [2.45, 2.75) is 20.0 Å². The van der Waals surface area contributed by atoms with Gasteiger partial charge in [-0.05, 0) is 59.7 Å². The molecule has 6 nitrogen and oxygen atoms in total. The molecule has 0 saturated heterocycles. The van der Waals surface area contributed by atoms with E-state index in [1.807, 2.05) is 49.4 Å². The zero-order chi connectivity index (χ0) is 22.0. The number of fused-ring (bicyclic) bond motifs is 1. The van der Waals surface area contributed by atoms with Crippen LogP contribution in [-0.4, -0.2) is 34.7 Å². The molecule has 4 aromatic rings. The van der Waals surface area contributed by atoms with Gasteiger partial charge in [-0.25, -0.2) is 4.68 Å². The smallest absolute Gasteiger partial charge is 0.267 e. The highest BCUT2D eigenvalue weighted by Crippen LogP contribution is 2.25. The third-order valence-corrected chi connectivity index (χ3v) is 6.12. The highest BCUT2D eigenvalue weighted by molar-refractivity contribution is 7.15. The third-order valence-electron chi connectivity index (χ3n) is 5.10. The van der Waals surface area contributed by atoms with Crippen molar-refractivity contribution >= 4 is 28.0 Å². The Bertz CT molecular complexity index is 1310. The zero-order valence-corrected chi connectivity index (χ0v) is 18.5. The van der Waals surface area contributed by atoms with Crippen LogP contribution in [0, 0.1) is 6.92 Å². The monoisotopic (exact) mass is 433 g/mol. The first-order chi connectivity index (χ1) is 14.9. The van der Waals surface area contributed by atoms with Gasteiger partial charge in [0.05, 0.1) is 12.0 Å². The summed E-state index contributed by atoms with van der Waals surface area (Å²) in [6, 6.07) is 19.1. The fourth-order valence-electron chi connectivity index (χ4n) is 3.38. The van der Waals surface area contributed by atoms with Crippen LogP contribution < -0.4 is 10.3 Å². The van der Waals surface area contributed by atoms with E-state index in [4.69, 9.17) is 4.74 Å². The normalized spacial score (nSPS) is 10.9. The van der Waals surface area contributed by atoms with Crippen LogP contribution in [0.4, 0.5) is 0 Å². The molecular formula is C24H23N3O3S. The molecule has 0 unspecified atom stereocenters. The molecule has 0 aliphatic carbocycles. The summed E-state index contributed by atoms with van der Waals surface area (Å²) in [4.78, 5) is 28.8. The molecule has 0 radical (unpaired) electrons. The molecule has 4 rings (SSSR count). The Morgan fingerprint density at radius 3 is 2.58 bits per heavy atom. The number of benzene rings is 2. The summed E-state index contributed by atoms with van der Waals surface area (Å²) in [5, 5.41) is 6.55. The Balaban J connectivity index is 1.48. The van der Waals surface area contributed by atoms with Gasteiger partial charge in [-0.2, -0.15) is 5.10 Å². The molecular weight excluding hydrogens is 410 g/mol. The van der Waals surface area contributed by atoms with Crippen molar-refractivity contribution in [3.05, 3.63) is 81.5 Å². The van der Waals surface area contributed by atoms with E-state index in [-0.39, 0.29) is 18.0 Å². The first-order valence-corrected chi connectivity index (χ1v) is 10.7. The number of amides is 1. The largest absolute Gasteiger partial charge is 0.497 e. The molecule has 158 valence electrons. The van der Waals surface area contributed by atoms with Gasteiger partial charge in [-0.3, -0.25) is 9.59 Å². The van der Waals surface area contributed by atoms with E-state index in [9.17, 15) is 9.59 Å². The Morgan fingerprint density at radius 2 is 1.84 bits per heavy atom. The molecule has 0 bridgehead atoms. The summed E-state index contributed by atoms with van der Waals surface area (Å²) < 4.78 is 6.50. The van der Waals surface area contributed by atoms with Gasteiger partial charge in [0, 0.05) is 24.5 Å². The Kier molecular flexibility index (Phi) is 5.86. The average molecular weight is 434 g/mol. The second kappa shape index (κ2) is 8.73. The number of carbonyl (C=O) groups excluding carboxylic acids is 1. The lowest BCUT2D eigenvalue weighted by Gasteiger charge is -2.18. The van der Waals surface area contributed by atoms with E-state index in [0.29, 0.717) is 12.2 Å². The predicted molar refractivity (Wildman–Crippen MR) is 124 cm³/mol. The van der Waals surface area contributed by atoms with Gasteiger partial charge in [0.25, 0.3) is 5.56 Å². The molecule has 0 fully saturated rings. The molecule has 0 N–H and O–H groups in total. The van der Waals surface area contributed by atoms with Crippen LogP contribution in [0.15, 0.2) is 65.5 Å². The number of aromatic nitrogens is 2. The Hall–Kier alpha value is -3.45. The summed E-state index contributed by atoms with van der Waals surface area (Å²) >= 11 is 1.60. The van der Waals surface area contributed by atoms with Gasteiger partial charge in [-0.1, -0.05) is 18.2 Å². The molecule has 2 heterocycles. The zero-order valence-electron chi connectivity index (χ0n) is 17.7. The minimum atomic E-state index is -0.293. The fraction of sp³-hybridized carbons (Fsp3) is 0.208. The number of methoxy groups -OCH3 is 1. The molecule has 1 amide bonds. The van der Waals surface area contributed by atoms with Crippen LogP contribution in [0.3, 0.4) is 0 Å². The van der Waals surface area contributed by atoms with Crippen LogP contribution in [0.5, 0.6) is 5.75 Å². The number of carbonyl (C=O) groups is 1. The predicted octanol–water partition coefficient (Wildman–Crippen LogP) is 4.10. The van der Waals surface area contributed by atoms with E-state index in [0.717, 1.165) is 27.0 Å². The van der Waals surface area contributed by atoms with Gasteiger partial charge >= 0.3 is 0 Å². The maximum absolute atomic E-state index is 12.8. The summed E-state index contributed by atoms with van der Waals surface area (Å²) in [5.41, 5.74) is 1.41. The van der Waals surface area contributed by atoms with Crippen LogP contribution in [0.25, 0.3) is 21.3 Å². The van der Waals surface area contributed by atoms with E-state index in [1.54, 1.807) is 36.5 Å². The molecule has 31 heavy (non-hydrogen) atoms. The molecule has 0 aliphatic heterocycles. The Morgan fingerprint density at radius 1 is 1.06 bits per heavy atom. The first kappa shape index (κ1) is 20.8. The maximum Gasteiger partial charge on any atom is 0.267 e.